The molecule has 3 nitrogen and oxygen atoms in total. The number of phenols is 1. The third-order valence-corrected chi connectivity index (χ3v) is 4.75. The van der Waals surface area contributed by atoms with Crippen molar-refractivity contribution in [3.05, 3.63) is 89.2 Å². The third-order valence-electron chi connectivity index (χ3n) is 4.75. The number of phenolic OH excluding ortho intramolecular Hbond substituents is 1. The number of hydrogen-bond acceptors (Lipinski definition) is 3. The van der Waals surface area contributed by atoms with Crippen LogP contribution in [0, 0.1) is 5.82 Å². The van der Waals surface area contributed by atoms with Crippen LogP contribution in [-0.4, -0.2) is 11.7 Å². The molecule has 0 radical (unpaired) electrons. The Morgan fingerprint density at radius 1 is 0.920 bits per heavy atom. The summed E-state index contributed by atoms with van der Waals surface area (Å²) in [4.78, 5) is 0. The smallest absolute Gasteiger partial charge is 0.126 e. The maximum absolute atomic E-state index is 13.3. The molecule has 0 fully saturated rings. The highest BCUT2D eigenvalue weighted by atomic mass is 19.1. The molecular weight excluding hydrogens is 317 g/mol. The van der Waals surface area contributed by atoms with E-state index in [-0.39, 0.29) is 23.4 Å². The average Bonchev–Trinajstić information content (AvgIpc) is 2.62. The predicted octanol–water partition coefficient (Wildman–Crippen LogP) is 4.42. The monoisotopic (exact) mass is 335 g/mol. The Bertz CT molecular complexity index is 891. The van der Waals surface area contributed by atoms with Crippen molar-refractivity contribution < 1.29 is 14.2 Å². The molecule has 0 amide bonds. The summed E-state index contributed by atoms with van der Waals surface area (Å²) < 4.78 is 19.2. The summed E-state index contributed by atoms with van der Waals surface area (Å²) in [5.41, 5.74) is 9.67. The molecule has 0 aromatic heterocycles. The normalized spacial score (nSPS) is 19.1. The summed E-state index contributed by atoms with van der Waals surface area (Å²) in [5, 5.41) is 9.76. The molecule has 3 aromatic carbocycles. The topological polar surface area (TPSA) is 55.5 Å². The van der Waals surface area contributed by atoms with Crippen LogP contribution in [0.15, 0.2) is 66.7 Å². The Balaban J connectivity index is 1.84. The fourth-order valence-electron chi connectivity index (χ4n) is 3.51. The van der Waals surface area contributed by atoms with Crippen LogP contribution < -0.4 is 10.5 Å². The molecule has 1 aliphatic rings. The molecule has 3 N–H and O–H groups in total. The highest BCUT2D eigenvalue weighted by Crippen LogP contribution is 2.46. The van der Waals surface area contributed by atoms with Crippen molar-refractivity contribution in [1.29, 1.82) is 0 Å². The van der Waals surface area contributed by atoms with Crippen molar-refractivity contribution in [3.63, 3.8) is 0 Å². The zero-order valence-electron chi connectivity index (χ0n) is 13.5. The number of nitrogen functional groups attached to an aromatic ring is 1. The summed E-state index contributed by atoms with van der Waals surface area (Å²) in [6.07, 6.45) is 0. The van der Waals surface area contributed by atoms with E-state index in [2.05, 4.69) is 0 Å². The zero-order chi connectivity index (χ0) is 17.4. The van der Waals surface area contributed by atoms with E-state index in [9.17, 15) is 9.50 Å². The van der Waals surface area contributed by atoms with Crippen LogP contribution in [0.25, 0.3) is 0 Å². The number of rotatable bonds is 2. The SMILES string of the molecule is Nc1ccc(C2c3ccc(O)cc3OCC2c2ccc(F)cc2)cc1. The average molecular weight is 335 g/mol. The molecule has 2 unspecified atom stereocenters. The lowest BCUT2D eigenvalue weighted by atomic mass is 9.76. The van der Waals surface area contributed by atoms with E-state index in [0.717, 1.165) is 16.7 Å². The van der Waals surface area contributed by atoms with Crippen LogP contribution in [0.3, 0.4) is 0 Å². The highest BCUT2D eigenvalue weighted by molar-refractivity contribution is 5.52. The van der Waals surface area contributed by atoms with Gasteiger partial charge in [-0.15, -0.1) is 0 Å². The Labute approximate surface area is 145 Å². The van der Waals surface area contributed by atoms with Gasteiger partial charge in [0.2, 0.25) is 0 Å². The number of hydrogen-bond donors (Lipinski definition) is 2. The van der Waals surface area contributed by atoms with Crippen LogP contribution in [0.1, 0.15) is 28.5 Å². The zero-order valence-corrected chi connectivity index (χ0v) is 13.5. The Kier molecular flexibility index (Phi) is 3.80. The summed E-state index contributed by atoms with van der Waals surface area (Å²) in [6.45, 7) is 0.455. The van der Waals surface area contributed by atoms with E-state index in [1.54, 1.807) is 24.3 Å². The number of nitrogens with two attached hydrogens (primary N) is 1. The van der Waals surface area contributed by atoms with Gasteiger partial charge in [0, 0.05) is 29.2 Å². The first kappa shape index (κ1) is 15.5. The second-order valence-electron chi connectivity index (χ2n) is 6.34. The molecule has 0 bridgehead atoms. The van der Waals surface area contributed by atoms with Gasteiger partial charge in [0.15, 0.2) is 0 Å². The lowest BCUT2D eigenvalue weighted by molar-refractivity contribution is 0.247. The van der Waals surface area contributed by atoms with Crippen LogP contribution in [0.5, 0.6) is 11.5 Å². The Morgan fingerprint density at radius 3 is 2.32 bits per heavy atom. The molecule has 4 rings (SSSR count). The van der Waals surface area contributed by atoms with Gasteiger partial charge >= 0.3 is 0 Å². The van der Waals surface area contributed by atoms with Crippen LogP contribution >= 0.6 is 0 Å². The van der Waals surface area contributed by atoms with E-state index < -0.39 is 0 Å². The first-order valence-corrected chi connectivity index (χ1v) is 8.18. The molecule has 126 valence electrons. The standard InChI is InChI=1S/C21H18FNO2/c22-15-5-1-13(2-6-15)19-12-25-20-11-17(24)9-10-18(20)21(19)14-3-7-16(23)8-4-14/h1-11,19,21,24H,12,23H2. The second kappa shape index (κ2) is 6.13. The van der Waals surface area contributed by atoms with Crippen molar-refractivity contribution in [1.82, 2.24) is 0 Å². The highest BCUT2D eigenvalue weighted by Gasteiger charge is 2.33. The van der Waals surface area contributed by atoms with E-state index in [1.807, 2.05) is 30.3 Å². The molecule has 25 heavy (non-hydrogen) atoms. The van der Waals surface area contributed by atoms with Crippen molar-refractivity contribution in [2.24, 2.45) is 0 Å². The lowest BCUT2D eigenvalue weighted by Crippen LogP contribution is -2.25. The van der Waals surface area contributed by atoms with Gasteiger partial charge in [-0.3, -0.25) is 0 Å². The molecule has 0 aliphatic carbocycles. The predicted molar refractivity (Wildman–Crippen MR) is 95.4 cm³/mol. The molecule has 3 aromatic rings. The summed E-state index contributed by atoms with van der Waals surface area (Å²) in [5.74, 6) is 0.682. The van der Waals surface area contributed by atoms with Crippen LogP contribution in [-0.2, 0) is 0 Å². The minimum atomic E-state index is -0.255. The van der Waals surface area contributed by atoms with Gasteiger partial charge in [-0.2, -0.15) is 0 Å². The van der Waals surface area contributed by atoms with Gasteiger partial charge < -0.3 is 15.6 Å². The van der Waals surface area contributed by atoms with Crippen LogP contribution in [0.2, 0.25) is 0 Å². The first-order chi connectivity index (χ1) is 12.1. The fraction of sp³-hybridized carbons (Fsp3) is 0.143. The quantitative estimate of drug-likeness (QED) is 0.682. The minimum absolute atomic E-state index is 0.0374. The van der Waals surface area contributed by atoms with E-state index in [4.69, 9.17) is 10.5 Å². The van der Waals surface area contributed by atoms with Crippen molar-refractivity contribution in [3.8, 4) is 11.5 Å². The number of fused-ring (bicyclic) bond motifs is 1. The molecule has 2 atom stereocenters. The van der Waals surface area contributed by atoms with Gasteiger partial charge in [0.25, 0.3) is 0 Å². The van der Waals surface area contributed by atoms with E-state index >= 15 is 0 Å². The van der Waals surface area contributed by atoms with Crippen molar-refractivity contribution in [2.45, 2.75) is 11.8 Å². The first-order valence-electron chi connectivity index (χ1n) is 8.18. The minimum Gasteiger partial charge on any atom is -0.508 e. The lowest BCUT2D eigenvalue weighted by Gasteiger charge is -2.34. The van der Waals surface area contributed by atoms with Gasteiger partial charge in [-0.1, -0.05) is 30.3 Å². The Morgan fingerprint density at radius 2 is 1.60 bits per heavy atom. The summed E-state index contributed by atoms with van der Waals surface area (Å²) in [6, 6.07) is 19.5. The number of aromatic hydroxyl groups is 1. The van der Waals surface area contributed by atoms with E-state index in [0.29, 0.717) is 18.0 Å². The molecular formula is C21H18FNO2. The van der Waals surface area contributed by atoms with Crippen molar-refractivity contribution in [2.75, 3.05) is 12.3 Å². The van der Waals surface area contributed by atoms with Crippen LogP contribution in [0.4, 0.5) is 10.1 Å². The van der Waals surface area contributed by atoms with Gasteiger partial charge in [-0.25, -0.2) is 4.39 Å². The molecule has 0 saturated carbocycles. The third kappa shape index (κ3) is 2.91. The molecule has 0 spiro atoms. The largest absolute Gasteiger partial charge is 0.508 e. The van der Waals surface area contributed by atoms with Gasteiger partial charge in [0.1, 0.15) is 17.3 Å². The van der Waals surface area contributed by atoms with E-state index in [1.165, 1.54) is 12.1 Å². The van der Waals surface area contributed by atoms with Gasteiger partial charge in [0.05, 0.1) is 6.61 Å². The number of benzene rings is 3. The number of halogens is 1. The van der Waals surface area contributed by atoms with Gasteiger partial charge in [-0.05, 0) is 41.5 Å². The molecule has 0 saturated heterocycles. The Hall–Kier alpha value is -3.01. The molecule has 4 heteroatoms. The molecule has 1 heterocycles. The summed E-state index contributed by atoms with van der Waals surface area (Å²) in [7, 11) is 0. The maximum atomic E-state index is 13.3. The second-order valence-corrected chi connectivity index (χ2v) is 6.34. The number of ether oxygens (including phenoxy) is 1. The molecule has 1 aliphatic heterocycles. The van der Waals surface area contributed by atoms with Crippen molar-refractivity contribution >= 4 is 5.69 Å². The maximum Gasteiger partial charge on any atom is 0.126 e. The number of anilines is 1. The fourth-order valence-corrected chi connectivity index (χ4v) is 3.51. The summed E-state index contributed by atoms with van der Waals surface area (Å²) >= 11 is 0.